The number of hydrogen-bond donors (Lipinski definition) is 3. The first kappa shape index (κ1) is 22.4. The molecule has 3 N–H and O–H groups in total. The van der Waals surface area contributed by atoms with Crippen LogP contribution in [0.25, 0.3) is 0 Å². The van der Waals surface area contributed by atoms with Gasteiger partial charge in [0.2, 0.25) is 0 Å². The molecule has 0 saturated heterocycles. The Morgan fingerprint density at radius 1 is 1.33 bits per heavy atom. The Balaban J connectivity index is 0.00000261. The van der Waals surface area contributed by atoms with Crippen molar-refractivity contribution < 1.29 is 5.11 Å². The largest absolute Gasteiger partial charge is 0.388 e. The molecule has 27 heavy (non-hydrogen) atoms. The molecule has 8 heteroatoms. The molecule has 1 aliphatic carbocycles. The van der Waals surface area contributed by atoms with Crippen molar-refractivity contribution in [3.8, 4) is 0 Å². The zero-order valence-corrected chi connectivity index (χ0v) is 19.2. The van der Waals surface area contributed by atoms with Gasteiger partial charge in [-0.05, 0) is 26.2 Å². The number of nitrogens with one attached hydrogen (secondary N) is 2. The van der Waals surface area contributed by atoms with Crippen LogP contribution in [0.1, 0.15) is 76.9 Å². The number of guanidine groups is 1. The number of aliphatic hydroxyl groups is 1. The first-order valence-electron chi connectivity index (χ1n) is 10.2. The Hall–Kier alpha value is -0.900. The molecular weight excluding hydrogens is 455 g/mol. The lowest BCUT2D eigenvalue weighted by atomic mass is 9.85. The van der Waals surface area contributed by atoms with Gasteiger partial charge in [-0.25, -0.2) is 9.67 Å². The molecule has 1 aromatic heterocycles. The molecular formula is C19H35IN6O. The quantitative estimate of drug-likeness (QED) is 0.336. The fraction of sp³-hybridized carbons (Fsp3) is 0.842. The highest BCUT2D eigenvalue weighted by Crippen LogP contribution is 2.28. The topological polar surface area (TPSA) is 87.4 Å². The molecule has 0 bridgehead atoms. The third-order valence-electron chi connectivity index (χ3n) is 5.39. The summed E-state index contributed by atoms with van der Waals surface area (Å²) in [7, 11) is 0. The van der Waals surface area contributed by atoms with Crippen molar-refractivity contribution in [2.45, 2.75) is 89.8 Å². The van der Waals surface area contributed by atoms with Crippen LogP contribution in [0.2, 0.25) is 0 Å². The number of nitrogens with zero attached hydrogens (tertiary/aromatic N) is 4. The van der Waals surface area contributed by atoms with Gasteiger partial charge in [0, 0.05) is 24.9 Å². The summed E-state index contributed by atoms with van der Waals surface area (Å²) in [6, 6.07) is 0.281. The van der Waals surface area contributed by atoms with E-state index < -0.39 is 5.60 Å². The first-order valence-corrected chi connectivity index (χ1v) is 10.2. The van der Waals surface area contributed by atoms with Gasteiger partial charge in [-0.1, -0.05) is 33.1 Å². The molecule has 1 aliphatic heterocycles. The summed E-state index contributed by atoms with van der Waals surface area (Å²) in [6.45, 7) is 8.41. The fourth-order valence-electron chi connectivity index (χ4n) is 3.80. The maximum atomic E-state index is 10.7. The Morgan fingerprint density at radius 3 is 2.74 bits per heavy atom. The molecule has 0 spiro atoms. The maximum absolute atomic E-state index is 10.7. The zero-order chi connectivity index (χ0) is 18.6. The fourth-order valence-corrected chi connectivity index (χ4v) is 3.80. The highest BCUT2D eigenvalue weighted by Gasteiger charge is 2.29. The lowest BCUT2D eigenvalue weighted by molar-refractivity contribution is 0.0131. The summed E-state index contributed by atoms with van der Waals surface area (Å²) in [6.07, 6.45) is 7.10. The predicted molar refractivity (Wildman–Crippen MR) is 119 cm³/mol. The number of fused-ring (bicyclic) bond motifs is 1. The molecule has 0 aromatic carbocycles. The first-order chi connectivity index (χ1) is 12.5. The summed E-state index contributed by atoms with van der Waals surface area (Å²) in [4.78, 5) is 9.34. The van der Waals surface area contributed by atoms with E-state index in [1.165, 1.54) is 6.42 Å². The van der Waals surface area contributed by atoms with Crippen molar-refractivity contribution >= 4 is 29.9 Å². The molecule has 1 aromatic rings. The minimum Gasteiger partial charge on any atom is -0.388 e. The van der Waals surface area contributed by atoms with E-state index in [1.54, 1.807) is 0 Å². The van der Waals surface area contributed by atoms with Crippen LogP contribution in [-0.4, -0.2) is 50.6 Å². The molecule has 154 valence electrons. The third kappa shape index (κ3) is 6.04. The summed E-state index contributed by atoms with van der Waals surface area (Å²) < 4.78 is 2.04. The predicted octanol–water partition coefficient (Wildman–Crippen LogP) is 2.58. The van der Waals surface area contributed by atoms with Gasteiger partial charge in [-0.2, -0.15) is 5.10 Å². The van der Waals surface area contributed by atoms with Gasteiger partial charge in [0.1, 0.15) is 5.82 Å². The van der Waals surface area contributed by atoms with Gasteiger partial charge in [-0.3, -0.25) is 4.99 Å². The zero-order valence-electron chi connectivity index (χ0n) is 16.9. The highest BCUT2D eigenvalue weighted by atomic mass is 127. The molecule has 2 heterocycles. The minimum atomic E-state index is -0.627. The van der Waals surface area contributed by atoms with E-state index >= 15 is 0 Å². The molecule has 7 nitrogen and oxygen atoms in total. The van der Waals surface area contributed by atoms with Crippen LogP contribution < -0.4 is 10.6 Å². The van der Waals surface area contributed by atoms with Gasteiger partial charge >= 0.3 is 0 Å². The van der Waals surface area contributed by atoms with Crippen molar-refractivity contribution in [1.29, 1.82) is 0 Å². The van der Waals surface area contributed by atoms with E-state index in [2.05, 4.69) is 41.5 Å². The second-order valence-corrected chi connectivity index (χ2v) is 8.08. The minimum absolute atomic E-state index is 0. The monoisotopic (exact) mass is 490 g/mol. The number of aryl methyl sites for hydroxylation is 1. The Labute approximate surface area is 179 Å². The van der Waals surface area contributed by atoms with Crippen LogP contribution in [0.4, 0.5) is 0 Å². The maximum Gasteiger partial charge on any atom is 0.191 e. The van der Waals surface area contributed by atoms with E-state index in [-0.39, 0.29) is 30.0 Å². The average molecular weight is 490 g/mol. The third-order valence-corrected chi connectivity index (χ3v) is 5.39. The van der Waals surface area contributed by atoms with E-state index in [4.69, 9.17) is 4.99 Å². The number of rotatable bonds is 5. The normalized spacial score (nSPS) is 22.1. The highest BCUT2D eigenvalue weighted by molar-refractivity contribution is 14.0. The van der Waals surface area contributed by atoms with Crippen molar-refractivity contribution in [3.05, 3.63) is 11.6 Å². The summed E-state index contributed by atoms with van der Waals surface area (Å²) >= 11 is 0. The van der Waals surface area contributed by atoms with Crippen LogP contribution in [0.3, 0.4) is 0 Å². The second kappa shape index (κ2) is 10.0. The van der Waals surface area contributed by atoms with Crippen molar-refractivity contribution in [2.75, 3.05) is 13.1 Å². The molecule has 2 aliphatic rings. The number of hydrogen-bond acceptors (Lipinski definition) is 4. The summed E-state index contributed by atoms with van der Waals surface area (Å²) in [5, 5.41) is 22.2. The van der Waals surface area contributed by atoms with Gasteiger partial charge in [0.25, 0.3) is 0 Å². The van der Waals surface area contributed by atoms with E-state index in [0.29, 0.717) is 12.5 Å². The van der Waals surface area contributed by atoms with E-state index in [0.717, 1.165) is 69.2 Å². The SMILES string of the molecule is CCNC(=NCC1(O)CCCCC1)NC1CCc2nc(C(C)C)nn2C1.I. The average Bonchev–Trinajstić information content (AvgIpc) is 3.04. The smallest absolute Gasteiger partial charge is 0.191 e. The Kier molecular flexibility index (Phi) is 8.33. The molecule has 0 radical (unpaired) electrons. The number of halogens is 1. The van der Waals surface area contributed by atoms with Gasteiger partial charge in [0.15, 0.2) is 11.8 Å². The van der Waals surface area contributed by atoms with E-state index in [9.17, 15) is 5.11 Å². The number of aliphatic imine (C=N–C) groups is 1. The van der Waals surface area contributed by atoms with Crippen LogP contribution in [0.15, 0.2) is 4.99 Å². The lowest BCUT2D eigenvalue weighted by Crippen LogP contribution is -2.48. The Morgan fingerprint density at radius 2 is 2.07 bits per heavy atom. The molecule has 1 atom stereocenters. The number of aromatic nitrogens is 3. The molecule has 1 unspecified atom stereocenters. The molecule has 1 fully saturated rings. The molecule has 0 amide bonds. The van der Waals surface area contributed by atoms with Gasteiger partial charge in [0.05, 0.1) is 18.7 Å². The molecule has 1 saturated carbocycles. The van der Waals surface area contributed by atoms with Crippen molar-refractivity contribution in [1.82, 2.24) is 25.4 Å². The van der Waals surface area contributed by atoms with Gasteiger partial charge in [-0.15, -0.1) is 24.0 Å². The summed E-state index contributed by atoms with van der Waals surface area (Å²) in [5.74, 6) is 3.17. The van der Waals surface area contributed by atoms with Crippen LogP contribution >= 0.6 is 24.0 Å². The lowest BCUT2D eigenvalue weighted by Gasteiger charge is -2.31. The standard InChI is InChI=1S/C19H34N6O.HI/c1-4-20-18(21-13-19(26)10-6-5-7-11-19)22-15-8-9-16-23-17(14(2)3)24-25(16)12-15;/h14-15,26H,4-13H2,1-3H3,(H2,20,21,22);1H. The van der Waals surface area contributed by atoms with Crippen LogP contribution in [-0.2, 0) is 13.0 Å². The summed E-state index contributed by atoms with van der Waals surface area (Å²) in [5.41, 5.74) is -0.627. The Bertz CT molecular complexity index is 624. The van der Waals surface area contributed by atoms with Gasteiger partial charge < -0.3 is 15.7 Å². The van der Waals surface area contributed by atoms with Crippen LogP contribution in [0, 0.1) is 0 Å². The molecule has 3 rings (SSSR count). The van der Waals surface area contributed by atoms with E-state index in [1.807, 2.05) is 4.68 Å². The van der Waals surface area contributed by atoms with Crippen molar-refractivity contribution in [3.63, 3.8) is 0 Å². The second-order valence-electron chi connectivity index (χ2n) is 8.08. The van der Waals surface area contributed by atoms with Crippen molar-refractivity contribution in [2.24, 2.45) is 4.99 Å². The van der Waals surface area contributed by atoms with Crippen LogP contribution in [0.5, 0.6) is 0 Å².